The van der Waals surface area contributed by atoms with Crippen LogP contribution >= 0.6 is 0 Å². The van der Waals surface area contributed by atoms with Gasteiger partial charge in [0.15, 0.2) is 11.5 Å². The Morgan fingerprint density at radius 2 is 1.55 bits per heavy atom. The standard InChI is InChI=1S/C42H44N4O7/c1-26-3-5-29(6-4-26)35-23-46(22-27-13-15-50-16-14-27)39(38(40(35)47)42(44)48)30-9-7-28(8-10-30)34-19-32(21-45-41(34)43)31-11-12-36(37(20-31)49-2)53-25-33-24-51-17-18-52-33/h3-12,19-21,23,27,33H,13-18,22,24-25H2,1-2H3,(H2,43,45)(H2,44,48)/t33-/m1/s1. The number of nitrogen functional groups attached to an aromatic ring is 1. The van der Waals surface area contributed by atoms with E-state index >= 15 is 0 Å². The van der Waals surface area contributed by atoms with Gasteiger partial charge < -0.3 is 39.7 Å². The van der Waals surface area contributed by atoms with E-state index in [4.69, 9.17) is 35.2 Å². The summed E-state index contributed by atoms with van der Waals surface area (Å²) < 4.78 is 30.5. The summed E-state index contributed by atoms with van der Waals surface area (Å²) in [6.45, 7) is 5.92. The van der Waals surface area contributed by atoms with Crippen molar-refractivity contribution in [1.29, 1.82) is 0 Å². The zero-order valence-electron chi connectivity index (χ0n) is 30.0. The molecule has 2 fully saturated rings. The molecule has 11 heteroatoms. The normalized spacial score (nSPS) is 16.3. The topological polar surface area (TPSA) is 150 Å². The maximum absolute atomic E-state index is 14.0. The smallest absolute Gasteiger partial charge is 0.254 e. The number of benzene rings is 3. The molecule has 4 N–H and O–H groups in total. The highest BCUT2D eigenvalue weighted by atomic mass is 16.6. The number of aromatic nitrogens is 2. The van der Waals surface area contributed by atoms with Crippen LogP contribution in [-0.2, 0) is 20.8 Å². The van der Waals surface area contributed by atoms with Crippen molar-refractivity contribution in [2.24, 2.45) is 11.7 Å². The largest absolute Gasteiger partial charge is 0.493 e. The Balaban J connectivity index is 1.22. The molecule has 4 heterocycles. The monoisotopic (exact) mass is 716 g/mol. The number of anilines is 1. The molecular weight excluding hydrogens is 672 g/mol. The van der Waals surface area contributed by atoms with E-state index in [-0.39, 0.29) is 11.7 Å². The number of nitrogens with zero attached hydrogens (tertiary/aromatic N) is 2. The minimum absolute atomic E-state index is 0.0352. The Morgan fingerprint density at radius 3 is 2.25 bits per heavy atom. The summed E-state index contributed by atoms with van der Waals surface area (Å²) in [5.41, 5.74) is 18.7. The van der Waals surface area contributed by atoms with Crippen LogP contribution in [0.3, 0.4) is 0 Å². The van der Waals surface area contributed by atoms with Gasteiger partial charge in [-0.25, -0.2) is 4.98 Å². The third kappa shape index (κ3) is 7.97. The highest BCUT2D eigenvalue weighted by Gasteiger charge is 2.25. The summed E-state index contributed by atoms with van der Waals surface area (Å²) >= 11 is 0. The number of aryl methyl sites for hydroxylation is 1. The molecule has 0 unspecified atom stereocenters. The first-order valence-corrected chi connectivity index (χ1v) is 17.9. The van der Waals surface area contributed by atoms with Crippen molar-refractivity contribution in [2.75, 3.05) is 52.5 Å². The number of methoxy groups -OCH3 is 1. The predicted octanol–water partition coefficient (Wildman–Crippen LogP) is 6.13. The Kier molecular flexibility index (Phi) is 10.9. The molecule has 2 aliphatic rings. The van der Waals surface area contributed by atoms with Gasteiger partial charge >= 0.3 is 0 Å². The molecule has 3 aromatic carbocycles. The number of nitrogens with two attached hydrogens (primary N) is 2. The molecule has 53 heavy (non-hydrogen) atoms. The SMILES string of the molecule is COc1cc(-c2cnc(N)c(-c3ccc(-c4c(C(N)=O)c(=O)c(-c5ccc(C)cc5)cn4CC4CCOCC4)cc3)c2)ccc1OC[C@H]1COCCO1. The van der Waals surface area contributed by atoms with Crippen LogP contribution in [0.1, 0.15) is 28.8 Å². The molecule has 0 bridgehead atoms. The van der Waals surface area contributed by atoms with Crippen LogP contribution in [-0.4, -0.2) is 68.3 Å². The first kappa shape index (κ1) is 35.9. The van der Waals surface area contributed by atoms with Crippen molar-refractivity contribution in [3.05, 3.63) is 107 Å². The van der Waals surface area contributed by atoms with E-state index < -0.39 is 11.3 Å². The van der Waals surface area contributed by atoms with Crippen molar-refractivity contribution in [1.82, 2.24) is 9.55 Å². The Labute approximate surface area is 308 Å². The molecule has 0 saturated carbocycles. The fourth-order valence-corrected chi connectivity index (χ4v) is 6.95. The zero-order chi connectivity index (χ0) is 36.9. The molecule has 0 aliphatic carbocycles. The van der Waals surface area contributed by atoms with Gasteiger partial charge in [0.1, 0.15) is 24.1 Å². The lowest BCUT2D eigenvalue weighted by Gasteiger charge is -2.26. The molecule has 2 saturated heterocycles. The minimum Gasteiger partial charge on any atom is -0.493 e. The summed E-state index contributed by atoms with van der Waals surface area (Å²) in [7, 11) is 1.60. The number of carbonyl (C=O) groups excluding carboxylic acids is 1. The van der Waals surface area contributed by atoms with E-state index in [0.29, 0.717) is 86.2 Å². The second-order valence-electron chi connectivity index (χ2n) is 13.5. The fourth-order valence-electron chi connectivity index (χ4n) is 6.95. The van der Waals surface area contributed by atoms with Gasteiger partial charge in [0.05, 0.1) is 32.6 Å². The molecule has 274 valence electrons. The lowest BCUT2D eigenvalue weighted by atomic mass is 9.94. The Morgan fingerprint density at radius 1 is 0.849 bits per heavy atom. The van der Waals surface area contributed by atoms with Crippen LogP contribution in [0.2, 0.25) is 0 Å². The van der Waals surface area contributed by atoms with Crippen molar-refractivity contribution in [3.63, 3.8) is 0 Å². The number of amides is 1. The lowest BCUT2D eigenvalue weighted by Crippen LogP contribution is -2.33. The summed E-state index contributed by atoms with van der Waals surface area (Å²) in [4.78, 5) is 31.7. The van der Waals surface area contributed by atoms with Gasteiger partial charge in [-0.15, -0.1) is 0 Å². The molecule has 2 aromatic heterocycles. The second-order valence-corrected chi connectivity index (χ2v) is 13.5. The van der Waals surface area contributed by atoms with E-state index in [1.807, 2.05) is 90.5 Å². The van der Waals surface area contributed by atoms with Crippen molar-refractivity contribution in [3.8, 4) is 56.1 Å². The first-order chi connectivity index (χ1) is 25.8. The van der Waals surface area contributed by atoms with Gasteiger partial charge in [-0.3, -0.25) is 9.59 Å². The maximum atomic E-state index is 14.0. The third-order valence-corrected chi connectivity index (χ3v) is 9.88. The number of hydrogen-bond acceptors (Lipinski definition) is 9. The molecule has 5 aromatic rings. The number of hydrogen-bond donors (Lipinski definition) is 2. The Bertz CT molecular complexity index is 2140. The second kappa shape index (κ2) is 16.0. The number of primary amides is 1. The lowest BCUT2D eigenvalue weighted by molar-refractivity contribution is -0.101. The quantitative estimate of drug-likeness (QED) is 0.165. The molecule has 11 nitrogen and oxygen atoms in total. The van der Waals surface area contributed by atoms with E-state index in [9.17, 15) is 9.59 Å². The Hall–Kier alpha value is -5.49. The van der Waals surface area contributed by atoms with Crippen LogP contribution in [0.25, 0.3) is 44.6 Å². The van der Waals surface area contributed by atoms with Gasteiger partial charge in [-0.2, -0.15) is 0 Å². The summed E-state index contributed by atoms with van der Waals surface area (Å²) in [5, 5.41) is 0. The van der Waals surface area contributed by atoms with Gasteiger partial charge in [0, 0.05) is 48.8 Å². The van der Waals surface area contributed by atoms with Crippen LogP contribution in [0.15, 0.2) is 90.0 Å². The van der Waals surface area contributed by atoms with Gasteiger partial charge in [0.25, 0.3) is 5.91 Å². The van der Waals surface area contributed by atoms with E-state index in [1.54, 1.807) is 13.3 Å². The molecule has 1 atom stereocenters. The first-order valence-electron chi connectivity index (χ1n) is 17.9. The van der Waals surface area contributed by atoms with Crippen LogP contribution in [0.4, 0.5) is 5.82 Å². The number of rotatable bonds is 11. The van der Waals surface area contributed by atoms with Crippen LogP contribution in [0.5, 0.6) is 11.5 Å². The van der Waals surface area contributed by atoms with Crippen molar-refractivity contribution >= 4 is 11.7 Å². The maximum Gasteiger partial charge on any atom is 0.254 e. The number of carbonyl (C=O) groups is 1. The average Bonchev–Trinajstić information content (AvgIpc) is 3.19. The highest BCUT2D eigenvalue weighted by Crippen LogP contribution is 2.36. The van der Waals surface area contributed by atoms with Crippen LogP contribution < -0.4 is 26.4 Å². The highest BCUT2D eigenvalue weighted by molar-refractivity contribution is 6.00. The third-order valence-electron chi connectivity index (χ3n) is 9.88. The molecule has 7 rings (SSSR count). The fraction of sp³-hybridized carbons (Fsp3) is 0.310. The van der Waals surface area contributed by atoms with Gasteiger partial charge in [-0.1, -0.05) is 60.2 Å². The van der Waals surface area contributed by atoms with E-state index in [1.165, 1.54) is 0 Å². The predicted molar refractivity (Wildman–Crippen MR) is 204 cm³/mol. The molecule has 2 aliphatic heterocycles. The van der Waals surface area contributed by atoms with E-state index in [0.717, 1.165) is 46.2 Å². The summed E-state index contributed by atoms with van der Waals surface area (Å²) in [5.74, 6) is 1.08. The molecule has 0 spiro atoms. The molecule has 0 radical (unpaired) electrons. The average molecular weight is 717 g/mol. The van der Waals surface area contributed by atoms with Crippen molar-refractivity contribution in [2.45, 2.75) is 32.4 Å². The van der Waals surface area contributed by atoms with Gasteiger partial charge in [-0.05, 0) is 66.1 Å². The van der Waals surface area contributed by atoms with Crippen LogP contribution in [0, 0.1) is 12.8 Å². The molecule has 1 amide bonds. The van der Waals surface area contributed by atoms with E-state index in [2.05, 4.69) is 4.98 Å². The minimum atomic E-state index is -0.770. The van der Waals surface area contributed by atoms with Gasteiger partial charge in [0.2, 0.25) is 5.43 Å². The summed E-state index contributed by atoms with van der Waals surface area (Å²) in [6.07, 6.45) is 5.21. The summed E-state index contributed by atoms with van der Waals surface area (Å²) in [6, 6.07) is 23.0. The zero-order valence-corrected chi connectivity index (χ0v) is 30.0. The van der Waals surface area contributed by atoms with Crippen molar-refractivity contribution < 1.29 is 28.5 Å². The number of ether oxygens (including phenoxy) is 5. The number of pyridine rings is 2. The molecular formula is C42H44N4O7.